The van der Waals surface area contributed by atoms with Gasteiger partial charge in [-0.2, -0.15) is 5.10 Å². The summed E-state index contributed by atoms with van der Waals surface area (Å²) >= 11 is 5.38. The Morgan fingerprint density at radius 3 is 2.61 bits per heavy atom. The zero-order valence-corrected chi connectivity index (χ0v) is 17.0. The molecule has 0 radical (unpaired) electrons. The van der Waals surface area contributed by atoms with Crippen LogP contribution in [0.3, 0.4) is 0 Å². The number of hydrogen-bond donors (Lipinski definition) is 2. The first kappa shape index (κ1) is 19.8. The van der Waals surface area contributed by atoms with E-state index in [9.17, 15) is 0 Å². The van der Waals surface area contributed by atoms with Crippen molar-refractivity contribution in [1.29, 1.82) is 0 Å². The van der Waals surface area contributed by atoms with E-state index in [0.29, 0.717) is 29.5 Å². The third-order valence-electron chi connectivity index (χ3n) is 4.15. The number of rotatable bonds is 9. The zero-order valence-electron chi connectivity index (χ0n) is 16.2. The van der Waals surface area contributed by atoms with Crippen LogP contribution in [0.2, 0.25) is 0 Å². The van der Waals surface area contributed by atoms with Crippen molar-refractivity contribution in [2.24, 2.45) is 0 Å². The van der Waals surface area contributed by atoms with E-state index in [1.807, 2.05) is 42.5 Å². The number of methoxy groups -OCH3 is 2. The molecular formula is C20H24N4O3S. The Morgan fingerprint density at radius 1 is 1.07 bits per heavy atom. The molecule has 0 bridgehead atoms. The molecular weight excluding hydrogens is 376 g/mol. The van der Waals surface area contributed by atoms with E-state index in [2.05, 4.69) is 22.5 Å². The number of benzene rings is 2. The molecule has 8 heteroatoms. The molecule has 0 saturated carbocycles. The average molecular weight is 401 g/mol. The van der Waals surface area contributed by atoms with Crippen LogP contribution in [0.25, 0.3) is 11.4 Å². The van der Waals surface area contributed by atoms with Crippen molar-refractivity contribution in [3.05, 3.63) is 52.8 Å². The summed E-state index contributed by atoms with van der Waals surface area (Å²) in [5.41, 5.74) is 5.17. The lowest BCUT2D eigenvalue weighted by Gasteiger charge is -2.14. The van der Waals surface area contributed by atoms with Crippen molar-refractivity contribution in [3.63, 3.8) is 0 Å². The van der Waals surface area contributed by atoms with Gasteiger partial charge in [-0.15, -0.1) is 0 Å². The second kappa shape index (κ2) is 9.27. The molecule has 7 nitrogen and oxygen atoms in total. The SMILES string of the molecule is CCCOc1ccc(CNn2c(-c3ccccc3OC)n[nH]c2=S)cc1OC. The first-order valence-electron chi connectivity index (χ1n) is 9.02. The molecule has 0 unspecified atom stereocenters. The number of nitrogens with zero attached hydrogens (tertiary/aromatic N) is 2. The van der Waals surface area contributed by atoms with Gasteiger partial charge in [-0.3, -0.25) is 0 Å². The molecule has 0 spiro atoms. The fraction of sp³-hybridized carbons (Fsp3) is 0.300. The van der Waals surface area contributed by atoms with E-state index in [-0.39, 0.29) is 0 Å². The Morgan fingerprint density at radius 2 is 1.86 bits per heavy atom. The lowest BCUT2D eigenvalue weighted by atomic mass is 10.2. The summed E-state index contributed by atoms with van der Waals surface area (Å²) in [4.78, 5) is 0. The second-order valence-electron chi connectivity index (χ2n) is 6.06. The fourth-order valence-electron chi connectivity index (χ4n) is 2.78. The lowest BCUT2D eigenvalue weighted by molar-refractivity contribution is 0.294. The molecule has 0 aliphatic carbocycles. The molecule has 0 fully saturated rings. The lowest BCUT2D eigenvalue weighted by Crippen LogP contribution is -2.16. The van der Waals surface area contributed by atoms with Gasteiger partial charge in [0.1, 0.15) is 5.75 Å². The fourth-order valence-corrected chi connectivity index (χ4v) is 2.97. The Labute approximate surface area is 169 Å². The minimum absolute atomic E-state index is 0.468. The van der Waals surface area contributed by atoms with Crippen molar-refractivity contribution in [1.82, 2.24) is 14.9 Å². The van der Waals surface area contributed by atoms with Crippen LogP contribution in [0, 0.1) is 4.77 Å². The predicted molar refractivity (Wildman–Crippen MR) is 111 cm³/mol. The third-order valence-corrected chi connectivity index (χ3v) is 4.43. The largest absolute Gasteiger partial charge is 0.496 e. The summed E-state index contributed by atoms with van der Waals surface area (Å²) < 4.78 is 18.8. The van der Waals surface area contributed by atoms with Crippen LogP contribution in [0.4, 0.5) is 0 Å². The standard InChI is InChI=1S/C20H24N4O3S/c1-4-11-27-17-10-9-14(12-18(17)26-3)13-21-24-19(22-23-20(24)28)15-7-5-6-8-16(15)25-2/h5-10,12,21H,4,11,13H2,1-3H3,(H,23,28). The van der Waals surface area contributed by atoms with Gasteiger partial charge in [-0.1, -0.05) is 25.1 Å². The van der Waals surface area contributed by atoms with Crippen molar-refractivity contribution < 1.29 is 14.2 Å². The van der Waals surface area contributed by atoms with Crippen molar-refractivity contribution in [2.75, 3.05) is 26.3 Å². The highest BCUT2D eigenvalue weighted by Gasteiger charge is 2.13. The number of nitrogens with one attached hydrogen (secondary N) is 2. The van der Waals surface area contributed by atoms with Crippen LogP contribution in [0.5, 0.6) is 17.2 Å². The number of aromatic amines is 1. The highest BCUT2D eigenvalue weighted by atomic mass is 32.1. The smallest absolute Gasteiger partial charge is 0.214 e. The Bertz CT molecular complexity index is 984. The molecule has 2 aromatic carbocycles. The van der Waals surface area contributed by atoms with Crippen LogP contribution in [0.1, 0.15) is 18.9 Å². The molecule has 0 amide bonds. The van der Waals surface area contributed by atoms with Gasteiger partial charge in [-0.25, -0.2) is 9.77 Å². The summed E-state index contributed by atoms with van der Waals surface area (Å²) in [7, 11) is 3.27. The summed E-state index contributed by atoms with van der Waals surface area (Å²) in [5, 5.41) is 7.18. The number of H-pyrrole nitrogens is 1. The van der Waals surface area contributed by atoms with Crippen LogP contribution >= 0.6 is 12.2 Å². The molecule has 0 aliphatic rings. The minimum atomic E-state index is 0.468. The van der Waals surface area contributed by atoms with Crippen molar-refractivity contribution in [3.8, 4) is 28.6 Å². The van der Waals surface area contributed by atoms with Crippen molar-refractivity contribution in [2.45, 2.75) is 19.9 Å². The number of aromatic nitrogens is 3. The number of hydrogen-bond acceptors (Lipinski definition) is 6. The summed E-state index contributed by atoms with van der Waals surface area (Å²) in [6, 6.07) is 13.5. The maximum atomic E-state index is 5.71. The average Bonchev–Trinajstić information content (AvgIpc) is 3.11. The maximum absolute atomic E-state index is 5.71. The van der Waals surface area contributed by atoms with Crippen LogP contribution in [-0.4, -0.2) is 35.7 Å². The second-order valence-corrected chi connectivity index (χ2v) is 6.44. The van der Waals surface area contributed by atoms with Gasteiger partial charge in [0.2, 0.25) is 4.77 Å². The summed E-state index contributed by atoms with van der Waals surface area (Å²) in [6.45, 7) is 3.25. The maximum Gasteiger partial charge on any atom is 0.214 e. The van der Waals surface area contributed by atoms with Crippen LogP contribution in [-0.2, 0) is 6.54 Å². The molecule has 0 aliphatic heterocycles. The molecule has 1 aromatic heterocycles. The summed E-state index contributed by atoms with van der Waals surface area (Å²) in [5.74, 6) is 2.81. The van der Waals surface area contributed by atoms with Gasteiger partial charge in [-0.05, 0) is 48.5 Å². The van der Waals surface area contributed by atoms with E-state index in [1.54, 1.807) is 18.9 Å². The van der Waals surface area contributed by atoms with Gasteiger partial charge >= 0.3 is 0 Å². The molecule has 0 saturated heterocycles. The zero-order chi connectivity index (χ0) is 19.9. The quantitative estimate of drug-likeness (QED) is 0.526. The topological polar surface area (TPSA) is 73.3 Å². The van der Waals surface area contributed by atoms with E-state index in [4.69, 9.17) is 26.4 Å². The van der Waals surface area contributed by atoms with Gasteiger partial charge in [0, 0.05) is 0 Å². The third kappa shape index (κ3) is 4.28. The van der Waals surface area contributed by atoms with E-state index < -0.39 is 0 Å². The molecule has 2 N–H and O–H groups in total. The van der Waals surface area contributed by atoms with Crippen molar-refractivity contribution >= 4 is 12.2 Å². The number of para-hydroxylation sites is 1. The minimum Gasteiger partial charge on any atom is -0.496 e. The van der Waals surface area contributed by atoms with Crippen LogP contribution in [0.15, 0.2) is 42.5 Å². The van der Waals surface area contributed by atoms with Gasteiger partial charge < -0.3 is 19.6 Å². The van der Waals surface area contributed by atoms with Gasteiger partial charge in [0.25, 0.3) is 0 Å². The molecule has 3 aromatic rings. The van der Waals surface area contributed by atoms with E-state index in [0.717, 1.165) is 29.0 Å². The highest BCUT2D eigenvalue weighted by Crippen LogP contribution is 2.29. The number of ether oxygens (including phenoxy) is 3. The van der Waals surface area contributed by atoms with Gasteiger partial charge in [0.05, 0.1) is 32.9 Å². The summed E-state index contributed by atoms with van der Waals surface area (Å²) in [6.07, 6.45) is 0.941. The predicted octanol–water partition coefficient (Wildman–Crippen LogP) is 4.16. The monoisotopic (exact) mass is 400 g/mol. The molecule has 3 rings (SSSR count). The molecule has 0 atom stereocenters. The Balaban J connectivity index is 1.82. The van der Waals surface area contributed by atoms with Gasteiger partial charge in [0.15, 0.2) is 17.3 Å². The van der Waals surface area contributed by atoms with E-state index in [1.165, 1.54) is 0 Å². The molecule has 28 heavy (non-hydrogen) atoms. The highest BCUT2D eigenvalue weighted by molar-refractivity contribution is 7.71. The Kier molecular flexibility index (Phi) is 6.54. The molecule has 1 heterocycles. The Hall–Kier alpha value is -3.00. The first-order valence-corrected chi connectivity index (χ1v) is 9.43. The molecule has 148 valence electrons. The van der Waals surface area contributed by atoms with Crippen LogP contribution < -0.4 is 19.6 Å². The first-order chi connectivity index (χ1) is 13.7. The van der Waals surface area contributed by atoms with E-state index >= 15 is 0 Å². The normalized spacial score (nSPS) is 10.5.